The Morgan fingerprint density at radius 2 is 2.00 bits per heavy atom. The molecule has 1 fully saturated rings. The van der Waals surface area contributed by atoms with Crippen molar-refractivity contribution in [2.24, 2.45) is 0 Å². The molecule has 1 heterocycles. The van der Waals surface area contributed by atoms with Crippen LogP contribution in [0.25, 0.3) is 0 Å². The van der Waals surface area contributed by atoms with Gasteiger partial charge in [0.1, 0.15) is 18.1 Å². The monoisotopic (exact) mass is 299 g/mol. The molecule has 1 aliphatic rings. The Balaban J connectivity index is 1.68. The van der Waals surface area contributed by atoms with Gasteiger partial charge in [0.25, 0.3) is 0 Å². The number of carbonyl (C=O) groups is 1. The fourth-order valence-corrected chi connectivity index (χ4v) is 2.76. The van der Waals surface area contributed by atoms with Crippen molar-refractivity contribution < 1.29 is 13.9 Å². The minimum Gasteiger partial charge on any atom is -0.349 e. The lowest BCUT2D eigenvalue weighted by Crippen LogP contribution is -2.35. The predicted octanol–water partition coefficient (Wildman–Crippen LogP) is 3.31. The average Bonchev–Trinajstić information content (AvgIpc) is 2.90. The zero-order chi connectivity index (χ0) is 15.5. The lowest BCUT2D eigenvalue weighted by atomic mass is 10.1. The predicted molar refractivity (Wildman–Crippen MR) is 81.5 cm³/mol. The average molecular weight is 299 g/mol. The fraction of sp³-hybridized carbons (Fsp3) is 0.278. The lowest BCUT2D eigenvalue weighted by molar-refractivity contribution is -0.134. The van der Waals surface area contributed by atoms with Crippen LogP contribution in [-0.4, -0.2) is 23.6 Å². The van der Waals surface area contributed by atoms with Crippen LogP contribution in [0.5, 0.6) is 0 Å². The molecule has 3 rings (SSSR count). The Labute approximate surface area is 129 Å². The summed E-state index contributed by atoms with van der Waals surface area (Å²) in [6.07, 6.45) is -0.189. The van der Waals surface area contributed by atoms with Crippen molar-refractivity contribution in [3.8, 4) is 0 Å². The first-order valence-corrected chi connectivity index (χ1v) is 7.38. The van der Waals surface area contributed by atoms with Crippen LogP contribution in [0.15, 0.2) is 54.6 Å². The molecule has 0 aromatic heterocycles. The number of halogens is 1. The van der Waals surface area contributed by atoms with Crippen molar-refractivity contribution in [3.05, 3.63) is 71.5 Å². The van der Waals surface area contributed by atoms with Gasteiger partial charge in [0.15, 0.2) is 0 Å². The van der Waals surface area contributed by atoms with E-state index in [0.29, 0.717) is 12.1 Å². The van der Waals surface area contributed by atoms with Gasteiger partial charge in [-0.2, -0.15) is 0 Å². The Kier molecular flexibility index (Phi) is 4.20. The molecule has 2 unspecified atom stereocenters. The largest absolute Gasteiger partial charge is 0.349 e. The maximum Gasteiger partial charge on any atom is 0.229 e. The van der Waals surface area contributed by atoms with Crippen LogP contribution >= 0.6 is 0 Å². The molecule has 4 heteroatoms. The number of rotatable bonds is 3. The summed E-state index contributed by atoms with van der Waals surface area (Å²) in [5.74, 6) is -0.366. The first-order chi connectivity index (χ1) is 10.6. The zero-order valence-corrected chi connectivity index (χ0v) is 12.4. The summed E-state index contributed by atoms with van der Waals surface area (Å²) in [4.78, 5) is 14.1. The molecule has 0 bridgehead atoms. The molecule has 0 saturated carbocycles. The first kappa shape index (κ1) is 14.7. The molecule has 114 valence electrons. The van der Waals surface area contributed by atoms with Crippen LogP contribution < -0.4 is 0 Å². The Bertz CT molecular complexity index is 659. The van der Waals surface area contributed by atoms with Gasteiger partial charge in [0, 0.05) is 0 Å². The summed E-state index contributed by atoms with van der Waals surface area (Å²) in [7, 11) is 0. The van der Waals surface area contributed by atoms with Crippen molar-refractivity contribution in [1.82, 2.24) is 4.90 Å². The number of hydrogen-bond donors (Lipinski definition) is 0. The van der Waals surface area contributed by atoms with Gasteiger partial charge in [0.05, 0.1) is 13.0 Å². The van der Waals surface area contributed by atoms with Crippen LogP contribution in [0.4, 0.5) is 4.39 Å². The van der Waals surface area contributed by atoms with Crippen LogP contribution in [0, 0.1) is 5.82 Å². The summed E-state index contributed by atoms with van der Waals surface area (Å²) < 4.78 is 19.1. The summed E-state index contributed by atoms with van der Waals surface area (Å²) >= 11 is 0. The van der Waals surface area contributed by atoms with Crippen molar-refractivity contribution in [1.29, 1.82) is 0 Å². The highest BCUT2D eigenvalue weighted by Gasteiger charge is 2.33. The third-order valence-corrected chi connectivity index (χ3v) is 3.90. The van der Waals surface area contributed by atoms with Gasteiger partial charge in [-0.1, -0.05) is 42.5 Å². The Morgan fingerprint density at radius 1 is 1.23 bits per heavy atom. The second-order valence-electron chi connectivity index (χ2n) is 5.49. The molecule has 0 spiro atoms. The van der Waals surface area contributed by atoms with Gasteiger partial charge in [0.2, 0.25) is 5.91 Å². The number of nitrogens with zero attached hydrogens (tertiary/aromatic N) is 1. The normalized spacial score (nSPS) is 21.1. The summed E-state index contributed by atoms with van der Waals surface area (Å²) in [6.45, 7) is 2.39. The number of hydrogen-bond acceptors (Lipinski definition) is 2. The quantitative estimate of drug-likeness (QED) is 0.870. The molecule has 2 aromatic carbocycles. The molecule has 0 aliphatic carbocycles. The van der Waals surface area contributed by atoms with Gasteiger partial charge in [-0.25, -0.2) is 4.39 Å². The van der Waals surface area contributed by atoms with Gasteiger partial charge in [-0.15, -0.1) is 0 Å². The van der Waals surface area contributed by atoms with E-state index >= 15 is 0 Å². The van der Waals surface area contributed by atoms with E-state index in [2.05, 4.69) is 0 Å². The van der Waals surface area contributed by atoms with Gasteiger partial charge in [-0.3, -0.25) is 4.79 Å². The number of carbonyl (C=O) groups excluding carboxylic acids is 1. The third-order valence-electron chi connectivity index (χ3n) is 3.90. The van der Waals surface area contributed by atoms with Crippen molar-refractivity contribution >= 4 is 5.91 Å². The topological polar surface area (TPSA) is 29.5 Å². The van der Waals surface area contributed by atoms with E-state index in [1.165, 1.54) is 12.1 Å². The van der Waals surface area contributed by atoms with Crippen LogP contribution in [0.3, 0.4) is 0 Å². The van der Waals surface area contributed by atoms with E-state index < -0.39 is 0 Å². The van der Waals surface area contributed by atoms with E-state index in [0.717, 1.165) is 5.56 Å². The van der Waals surface area contributed by atoms with Gasteiger partial charge >= 0.3 is 0 Å². The summed E-state index contributed by atoms with van der Waals surface area (Å²) in [5.41, 5.74) is 1.75. The molecule has 1 saturated heterocycles. The highest BCUT2D eigenvalue weighted by Crippen LogP contribution is 2.29. The minimum atomic E-state index is -0.321. The highest BCUT2D eigenvalue weighted by atomic mass is 19.1. The van der Waals surface area contributed by atoms with E-state index in [-0.39, 0.29) is 30.5 Å². The molecule has 0 radical (unpaired) electrons. The second-order valence-corrected chi connectivity index (χ2v) is 5.49. The maximum atomic E-state index is 13.2. The fourth-order valence-electron chi connectivity index (χ4n) is 2.76. The molecular weight excluding hydrogens is 281 g/mol. The minimum absolute atomic E-state index is 0.0449. The van der Waals surface area contributed by atoms with E-state index in [1.54, 1.807) is 17.0 Å². The van der Waals surface area contributed by atoms with E-state index in [1.807, 2.05) is 37.3 Å². The molecule has 0 N–H and O–H groups in total. The second kappa shape index (κ2) is 6.28. The Hall–Kier alpha value is -2.20. The molecule has 1 aliphatic heterocycles. The van der Waals surface area contributed by atoms with Crippen molar-refractivity contribution in [2.75, 3.05) is 6.54 Å². The summed E-state index contributed by atoms with van der Waals surface area (Å²) in [5, 5.41) is 0. The zero-order valence-electron chi connectivity index (χ0n) is 12.4. The number of benzene rings is 2. The Morgan fingerprint density at radius 3 is 2.73 bits per heavy atom. The van der Waals surface area contributed by atoms with Crippen molar-refractivity contribution in [3.63, 3.8) is 0 Å². The molecular formula is C18H18FNO2. The van der Waals surface area contributed by atoms with Gasteiger partial charge in [-0.05, 0) is 30.2 Å². The third kappa shape index (κ3) is 3.17. The lowest BCUT2D eigenvalue weighted by Gasteiger charge is -2.19. The van der Waals surface area contributed by atoms with E-state index in [4.69, 9.17) is 4.74 Å². The van der Waals surface area contributed by atoms with Crippen LogP contribution in [0.2, 0.25) is 0 Å². The van der Waals surface area contributed by atoms with Gasteiger partial charge < -0.3 is 9.64 Å². The molecule has 22 heavy (non-hydrogen) atoms. The molecule has 3 nitrogen and oxygen atoms in total. The highest BCUT2D eigenvalue weighted by molar-refractivity contribution is 5.79. The first-order valence-electron chi connectivity index (χ1n) is 7.38. The number of amides is 1. The van der Waals surface area contributed by atoms with Crippen LogP contribution in [-0.2, 0) is 16.0 Å². The summed E-state index contributed by atoms with van der Waals surface area (Å²) in [6, 6.07) is 16.0. The van der Waals surface area contributed by atoms with Crippen molar-refractivity contribution in [2.45, 2.75) is 25.7 Å². The number of ether oxygens (including phenoxy) is 1. The SMILES string of the molecule is CC1OC(c2ccccc2)CN1C(=O)Cc1cccc(F)c1. The standard InChI is InChI=1S/C18H18FNO2/c1-13-20(12-17(22-13)15-7-3-2-4-8-15)18(21)11-14-6-5-9-16(19)10-14/h2-10,13,17H,11-12H2,1H3. The molecule has 2 aromatic rings. The maximum absolute atomic E-state index is 13.2. The molecule has 2 atom stereocenters. The smallest absolute Gasteiger partial charge is 0.229 e. The van der Waals surface area contributed by atoms with Crippen LogP contribution in [0.1, 0.15) is 24.2 Å². The molecule has 1 amide bonds. The van der Waals surface area contributed by atoms with E-state index in [9.17, 15) is 9.18 Å².